The van der Waals surface area contributed by atoms with Gasteiger partial charge < -0.3 is 14.9 Å². The minimum atomic E-state index is -5.08. The number of aryl methyl sites for hydroxylation is 1. The SMILES string of the molecule is Cn1cc(N2C(=O)C[C@@H]3[C@@H]2CCN3C(=O)c2ccccn2)cn1.O=C(O)C(F)(F)F. The molecule has 2 amide bonds. The van der Waals surface area contributed by atoms with Crippen LogP contribution in [-0.4, -0.2) is 67.4 Å². The van der Waals surface area contributed by atoms with Gasteiger partial charge in [0.25, 0.3) is 5.91 Å². The van der Waals surface area contributed by atoms with Crippen LogP contribution >= 0.6 is 0 Å². The Morgan fingerprint density at radius 1 is 1.23 bits per heavy atom. The van der Waals surface area contributed by atoms with Gasteiger partial charge in [-0.15, -0.1) is 0 Å². The van der Waals surface area contributed by atoms with Crippen molar-refractivity contribution in [1.29, 1.82) is 0 Å². The molecule has 2 atom stereocenters. The van der Waals surface area contributed by atoms with Gasteiger partial charge in [0.15, 0.2) is 0 Å². The van der Waals surface area contributed by atoms with Crippen molar-refractivity contribution in [3.05, 3.63) is 42.5 Å². The minimum Gasteiger partial charge on any atom is -0.475 e. The lowest BCUT2D eigenvalue weighted by Gasteiger charge is -2.24. The van der Waals surface area contributed by atoms with Crippen molar-refractivity contribution >= 4 is 23.5 Å². The van der Waals surface area contributed by atoms with E-state index in [4.69, 9.17) is 9.90 Å². The second-order valence-electron chi connectivity index (χ2n) is 6.78. The molecule has 12 heteroatoms. The molecule has 2 aliphatic rings. The topological polar surface area (TPSA) is 109 Å². The van der Waals surface area contributed by atoms with Crippen molar-refractivity contribution in [3.63, 3.8) is 0 Å². The highest BCUT2D eigenvalue weighted by molar-refractivity contribution is 5.99. The number of nitrogens with zero attached hydrogens (tertiary/aromatic N) is 5. The van der Waals surface area contributed by atoms with Gasteiger partial charge in [-0.05, 0) is 18.6 Å². The Morgan fingerprint density at radius 3 is 2.47 bits per heavy atom. The van der Waals surface area contributed by atoms with E-state index in [-0.39, 0.29) is 23.9 Å². The van der Waals surface area contributed by atoms with Crippen molar-refractivity contribution in [1.82, 2.24) is 19.7 Å². The minimum absolute atomic E-state index is 0.0272. The quantitative estimate of drug-likeness (QED) is 0.781. The predicted molar refractivity (Wildman–Crippen MR) is 96.5 cm³/mol. The van der Waals surface area contributed by atoms with Crippen LogP contribution in [0.15, 0.2) is 36.8 Å². The molecule has 0 spiro atoms. The van der Waals surface area contributed by atoms with Crippen molar-refractivity contribution in [2.45, 2.75) is 31.1 Å². The Balaban J connectivity index is 0.000000318. The van der Waals surface area contributed by atoms with Crippen molar-refractivity contribution in [2.24, 2.45) is 7.05 Å². The van der Waals surface area contributed by atoms with E-state index >= 15 is 0 Å². The van der Waals surface area contributed by atoms with Gasteiger partial charge in [-0.3, -0.25) is 19.3 Å². The lowest BCUT2D eigenvalue weighted by atomic mass is 10.1. The highest BCUT2D eigenvalue weighted by atomic mass is 19.4. The average Bonchev–Trinajstić information content (AvgIpc) is 3.36. The number of halogens is 3. The number of aliphatic carboxylic acids is 1. The van der Waals surface area contributed by atoms with E-state index in [9.17, 15) is 22.8 Å². The van der Waals surface area contributed by atoms with Crippen LogP contribution in [0.4, 0.5) is 18.9 Å². The number of pyridine rings is 1. The van der Waals surface area contributed by atoms with Crippen LogP contribution in [0.1, 0.15) is 23.3 Å². The first-order chi connectivity index (χ1) is 14.1. The Labute approximate surface area is 168 Å². The number of fused-ring (bicyclic) bond motifs is 1. The standard InChI is InChI=1S/C16H17N5O2.C2HF3O2/c1-19-10-11(9-18-19)21-13-5-7-20(14(13)8-15(21)22)16(23)12-4-2-3-6-17-12;3-2(4,5)1(6)7/h2-4,6,9-10,13-14H,5,7-8H2,1H3;(H,6,7)/t13-,14+;/m0./s1. The molecule has 0 aliphatic carbocycles. The van der Waals surface area contributed by atoms with Gasteiger partial charge in [0.2, 0.25) is 5.91 Å². The second kappa shape index (κ2) is 8.13. The smallest absolute Gasteiger partial charge is 0.475 e. The number of likely N-dealkylation sites (tertiary alicyclic amines) is 1. The van der Waals surface area contributed by atoms with E-state index in [1.165, 1.54) is 0 Å². The maximum absolute atomic E-state index is 12.7. The zero-order valence-corrected chi connectivity index (χ0v) is 15.8. The van der Waals surface area contributed by atoms with Gasteiger partial charge in [0.1, 0.15) is 5.69 Å². The molecule has 2 fully saturated rings. The summed E-state index contributed by atoms with van der Waals surface area (Å²) >= 11 is 0. The molecular formula is C18H18F3N5O4. The summed E-state index contributed by atoms with van der Waals surface area (Å²) in [4.78, 5) is 41.7. The number of carboxylic acids is 1. The van der Waals surface area contributed by atoms with Gasteiger partial charge in [-0.2, -0.15) is 18.3 Å². The molecule has 0 aromatic carbocycles. The third kappa shape index (κ3) is 4.26. The number of aromatic nitrogens is 3. The van der Waals surface area contributed by atoms with Gasteiger partial charge in [0, 0.05) is 32.4 Å². The van der Waals surface area contributed by atoms with Crippen molar-refractivity contribution < 1.29 is 32.7 Å². The molecule has 0 bridgehead atoms. The van der Waals surface area contributed by atoms with Crippen LogP contribution in [0.25, 0.3) is 0 Å². The molecule has 0 radical (unpaired) electrons. The molecule has 0 unspecified atom stereocenters. The lowest BCUT2D eigenvalue weighted by molar-refractivity contribution is -0.192. The number of anilines is 1. The number of rotatable bonds is 2. The van der Waals surface area contributed by atoms with E-state index in [1.807, 2.05) is 13.2 Å². The van der Waals surface area contributed by atoms with Crippen molar-refractivity contribution in [2.75, 3.05) is 11.4 Å². The predicted octanol–water partition coefficient (Wildman–Crippen LogP) is 1.47. The molecule has 9 nitrogen and oxygen atoms in total. The first-order valence-corrected chi connectivity index (χ1v) is 8.92. The lowest BCUT2D eigenvalue weighted by Crippen LogP contribution is -2.40. The van der Waals surface area contributed by atoms with Crippen molar-refractivity contribution in [3.8, 4) is 0 Å². The number of amides is 2. The average molecular weight is 425 g/mol. The molecule has 4 rings (SSSR count). The molecule has 160 valence electrons. The van der Waals surface area contributed by atoms with Crippen LogP contribution in [0.3, 0.4) is 0 Å². The summed E-state index contributed by atoms with van der Waals surface area (Å²) in [7, 11) is 1.83. The van der Waals surface area contributed by atoms with E-state index in [0.717, 1.165) is 12.1 Å². The second-order valence-corrected chi connectivity index (χ2v) is 6.78. The molecule has 2 aromatic rings. The number of hydrogen-bond acceptors (Lipinski definition) is 5. The molecule has 2 saturated heterocycles. The molecule has 30 heavy (non-hydrogen) atoms. The summed E-state index contributed by atoms with van der Waals surface area (Å²) in [6.07, 6.45) is 1.21. The highest BCUT2D eigenvalue weighted by Crippen LogP contribution is 2.36. The molecule has 2 aliphatic heterocycles. The van der Waals surface area contributed by atoms with Gasteiger partial charge in [0.05, 0.1) is 24.0 Å². The van der Waals surface area contributed by atoms with Gasteiger partial charge >= 0.3 is 12.1 Å². The fourth-order valence-electron chi connectivity index (χ4n) is 3.60. The van der Waals surface area contributed by atoms with E-state index in [1.54, 1.807) is 45.1 Å². The molecule has 1 N–H and O–H groups in total. The van der Waals surface area contributed by atoms with E-state index in [2.05, 4.69) is 10.1 Å². The van der Waals surface area contributed by atoms with Gasteiger partial charge in [-0.25, -0.2) is 4.79 Å². The fourth-order valence-corrected chi connectivity index (χ4v) is 3.60. The Morgan fingerprint density at radius 2 is 1.93 bits per heavy atom. The molecular weight excluding hydrogens is 407 g/mol. The summed E-state index contributed by atoms with van der Waals surface area (Å²) in [5.41, 5.74) is 1.23. The largest absolute Gasteiger partial charge is 0.490 e. The van der Waals surface area contributed by atoms with Crippen LogP contribution in [0.5, 0.6) is 0 Å². The number of carbonyl (C=O) groups is 3. The third-order valence-electron chi connectivity index (χ3n) is 4.85. The maximum atomic E-state index is 12.7. The molecule has 0 saturated carbocycles. The number of hydrogen-bond donors (Lipinski definition) is 1. The summed E-state index contributed by atoms with van der Waals surface area (Å²) < 4.78 is 33.4. The fraction of sp³-hybridized carbons (Fsp3) is 0.389. The summed E-state index contributed by atoms with van der Waals surface area (Å²) in [5, 5.41) is 11.3. The highest BCUT2D eigenvalue weighted by Gasteiger charge is 2.49. The normalized spacial score (nSPS) is 20.6. The Kier molecular flexibility index (Phi) is 5.76. The Bertz CT molecular complexity index is 947. The zero-order chi connectivity index (χ0) is 22.1. The monoisotopic (exact) mass is 425 g/mol. The third-order valence-corrected chi connectivity index (χ3v) is 4.85. The Hall–Kier alpha value is -3.44. The van der Waals surface area contributed by atoms with Crippen LogP contribution in [-0.2, 0) is 16.6 Å². The summed E-state index contributed by atoms with van der Waals surface area (Å²) in [5.74, 6) is -2.81. The number of carbonyl (C=O) groups excluding carboxylic acids is 2. The number of carboxylic acid groups (broad SMARTS) is 1. The zero-order valence-electron chi connectivity index (χ0n) is 15.8. The van der Waals surface area contributed by atoms with E-state index in [0.29, 0.717) is 18.7 Å². The van der Waals surface area contributed by atoms with Gasteiger partial charge in [-0.1, -0.05) is 6.07 Å². The first kappa shape index (κ1) is 21.3. The summed E-state index contributed by atoms with van der Waals surface area (Å²) in [6, 6.07) is 5.24. The van der Waals surface area contributed by atoms with Crippen LogP contribution < -0.4 is 4.90 Å². The first-order valence-electron chi connectivity index (χ1n) is 8.92. The van der Waals surface area contributed by atoms with E-state index < -0.39 is 12.1 Å². The maximum Gasteiger partial charge on any atom is 0.490 e. The molecule has 2 aromatic heterocycles. The molecule has 4 heterocycles. The summed E-state index contributed by atoms with van der Waals surface area (Å²) in [6.45, 7) is 0.648. The number of alkyl halides is 3. The van der Waals surface area contributed by atoms with Crippen LogP contribution in [0, 0.1) is 0 Å². The van der Waals surface area contributed by atoms with Crippen LogP contribution in [0.2, 0.25) is 0 Å².